The quantitative estimate of drug-likeness (QED) is 0.756. The van der Waals surface area contributed by atoms with Crippen molar-refractivity contribution in [3.05, 3.63) is 59.2 Å². The first-order chi connectivity index (χ1) is 10.0. The first-order valence-electron chi connectivity index (χ1n) is 7.42. The predicted molar refractivity (Wildman–Crippen MR) is 90.7 cm³/mol. The van der Waals surface area contributed by atoms with E-state index in [-0.39, 0.29) is 5.41 Å². The standard InChI is InChI=1S/C19H22OS/c1-13-5-10-17-14(2)19(3,12-21-18(17)11-13)15-6-8-16(20-4)9-7-15/h5-11,14H,12H2,1-4H3. The summed E-state index contributed by atoms with van der Waals surface area (Å²) in [5.74, 6) is 2.56. The number of hydrogen-bond donors (Lipinski definition) is 0. The minimum absolute atomic E-state index is 0.166. The van der Waals surface area contributed by atoms with E-state index >= 15 is 0 Å². The van der Waals surface area contributed by atoms with E-state index in [9.17, 15) is 0 Å². The normalized spacial score (nSPS) is 24.5. The van der Waals surface area contributed by atoms with Crippen LogP contribution in [0.15, 0.2) is 47.4 Å². The van der Waals surface area contributed by atoms with Crippen molar-refractivity contribution in [3.8, 4) is 5.75 Å². The van der Waals surface area contributed by atoms with Crippen LogP contribution in [0.5, 0.6) is 5.75 Å². The van der Waals surface area contributed by atoms with Crippen LogP contribution in [0.25, 0.3) is 0 Å². The van der Waals surface area contributed by atoms with Gasteiger partial charge in [0.05, 0.1) is 7.11 Å². The van der Waals surface area contributed by atoms with Crippen LogP contribution in [0, 0.1) is 6.92 Å². The third-order valence-electron chi connectivity index (χ3n) is 4.87. The number of aryl methyl sites for hydroxylation is 1. The van der Waals surface area contributed by atoms with E-state index in [1.807, 2.05) is 11.8 Å². The van der Waals surface area contributed by atoms with E-state index in [2.05, 4.69) is 63.2 Å². The zero-order valence-corrected chi connectivity index (χ0v) is 14.0. The van der Waals surface area contributed by atoms with Crippen molar-refractivity contribution in [2.45, 2.75) is 37.0 Å². The monoisotopic (exact) mass is 298 g/mol. The van der Waals surface area contributed by atoms with Crippen LogP contribution >= 0.6 is 11.8 Å². The summed E-state index contributed by atoms with van der Waals surface area (Å²) in [6.07, 6.45) is 0. The second-order valence-corrected chi connectivity index (χ2v) is 7.21. The molecular weight excluding hydrogens is 276 g/mol. The third kappa shape index (κ3) is 2.46. The molecule has 0 radical (unpaired) electrons. The van der Waals surface area contributed by atoms with E-state index in [0.717, 1.165) is 11.5 Å². The van der Waals surface area contributed by atoms with Gasteiger partial charge in [0.1, 0.15) is 5.75 Å². The van der Waals surface area contributed by atoms with Gasteiger partial charge < -0.3 is 4.74 Å². The lowest BCUT2D eigenvalue weighted by atomic mass is 9.70. The first-order valence-corrected chi connectivity index (χ1v) is 8.41. The van der Waals surface area contributed by atoms with Gasteiger partial charge in [0.2, 0.25) is 0 Å². The lowest BCUT2D eigenvalue weighted by Gasteiger charge is -2.41. The molecule has 110 valence electrons. The van der Waals surface area contributed by atoms with Crippen LogP contribution in [-0.4, -0.2) is 12.9 Å². The summed E-state index contributed by atoms with van der Waals surface area (Å²) < 4.78 is 5.28. The molecule has 1 aliphatic heterocycles. The molecular formula is C19H22OS. The minimum atomic E-state index is 0.166. The zero-order valence-electron chi connectivity index (χ0n) is 13.1. The van der Waals surface area contributed by atoms with Gasteiger partial charge in [0.15, 0.2) is 0 Å². The maximum Gasteiger partial charge on any atom is 0.118 e. The zero-order chi connectivity index (χ0) is 15.0. The molecule has 0 spiro atoms. The average molecular weight is 298 g/mol. The molecule has 0 N–H and O–H groups in total. The highest BCUT2D eigenvalue weighted by atomic mass is 32.2. The van der Waals surface area contributed by atoms with Crippen molar-refractivity contribution >= 4 is 11.8 Å². The van der Waals surface area contributed by atoms with E-state index in [0.29, 0.717) is 5.92 Å². The van der Waals surface area contributed by atoms with Gasteiger partial charge in [-0.05, 0) is 42.2 Å². The molecule has 0 saturated heterocycles. The summed E-state index contributed by atoms with van der Waals surface area (Å²) in [6.45, 7) is 6.91. The number of hydrogen-bond acceptors (Lipinski definition) is 2. The van der Waals surface area contributed by atoms with Gasteiger partial charge in [-0.3, -0.25) is 0 Å². The maximum atomic E-state index is 5.28. The molecule has 21 heavy (non-hydrogen) atoms. The van der Waals surface area contributed by atoms with Gasteiger partial charge in [0.25, 0.3) is 0 Å². The van der Waals surface area contributed by atoms with Gasteiger partial charge in [-0.15, -0.1) is 11.8 Å². The topological polar surface area (TPSA) is 9.23 Å². The number of methoxy groups -OCH3 is 1. The summed E-state index contributed by atoms with van der Waals surface area (Å²) in [6, 6.07) is 15.4. The van der Waals surface area contributed by atoms with Crippen LogP contribution in [-0.2, 0) is 5.41 Å². The Hall–Kier alpha value is -1.41. The van der Waals surface area contributed by atoms with Crippen LogP contribution in [0.4, 0.5) is 0 Å². The van der Waals surface area contributed by atoms with Crippen molar-refractivity contribution in [1.82, 2.24) is 0 Å². The van der Waals surface area contributed by atoms with E-state index in [4.69, 9.17) is 4.74 Å². The maximum absolute atomic E-state index is 5.28. The highest BCUT2D eigenvalue weighted by Gasteiger charge is 2.38. The van der Waals surface area contributed by atoms with Crippen LogP contribution < -0.4 is 4.74 Å². The van der Waals surface area contributed by atoms with Gasteiger partial charge in [-0.1, -0.05) is 43.7 Å². The Morgan fingerprint density at radius 2 is 1.86 bits per heavy atom. The minimum Gasteiger partial charge on any atom is -0.497 e. The smallest absolute Gasteiger partial charge is 0.118 e. The fraction of sp³-hybridized carbons (Fsp3) is 0.368. The number of benzene rings is 2. The lowest BCUT2D eigenvalue weighted by molar-refractivity contribution is 0.411. The SMILES string of the molecule is COc1ccc(C2(C)CSc3cc(C)ccc3C2C)cc1. The highest BCUT2D eigenvalue weighted by Crippen LogP contribution is 2.49. The Morgan fingerprint density at radius 1 is 1.14 bits per heavy atom. The van der Waals surface area contributed by atoms with Gasteiger partial charge in [-0.25, -0.2) is 0 Å². The molecule has 1 heterocycles. The Kier molecular flexibility index (Phi) is 3.75. The summed E-state index contributed by atoms with van der Waals surface area (Å²) in [5.41, 5.74) is 4.39. The molecule has 2 heteroatoms. The van der Waals surface area contributed by atoms with Crippen molar-refractivity contribution in [2.24, 2.45) is 0 Å². The summed E-state index contributed by atoms with van der Waals surface area (Å²) in [5, 5.41) is 0. The first kappa shape index (κ1) is 14.5. The Balaban J connectivity index is 2.00. The molecule has 1 nitrogen and oxygen atoms in total. The molecule has 0 amide bonds. The van der Waals surface area contributed by atoms with Crippen LogP contribution in [0.2, 0.25) is 0 Å². The summed E-state index contributed by atoms with van der Waals surface area (Å²) in [7, 11) is 1.72. The molecule has 1 aliphatic rings. The van der Waals surface area contributed by atoms with E-state index in [1.54, 1.807) is 7.11 Å². The van der Waals surface area contributed by atoms with E-state index in [1.165, 1.54) is 21.6 Å². The van der Waals surface area contributed by atoms with Crippen molar-refractivity contribution in [1.29, 1.82) is 0 Å². The Morgan fingerprint density at radius 3 is 2.52 bits per heavy atom. The Labute approximate surface area is 131 Å². The van der Waals surface area contributed by atoms with Crippen molar-refractivity contribution in [2.75, 3.05) is 12.9 Å². The summed E-state index contributed by atoms with van der Waals surface area (Å²) >= 11 is 1.99. The number of rotatable bonds is 2. The second-order valence-electron chi connectivity index (χ2n) is 6.20. The van der Waals surface area contributed by atoms with Crippen molar-refractivity contribution in [3.63, 3.8) is 0 Å². The third-order valence-corrected chi connectivity index (χ3v) is 6.28. The fourth-order valence-corrected chi connectivity index (χ4v) is 4.68. The molecule has 3 rings (SSSR count). The lowest BCUT2D eigenvalue weighted by Crippen LogP contribution is -2.34. The number of thioether (sulfide) groups is 1. The van der Waals surface area contributed by atoms with E-state index < -0.39 is 0 Å². The molecule has 2 aromatic carbocycles. The van der Waals surface area contributed by atoms with Gasteiger partial charge in [-0.2, -0.15) is 0 Å². The number of ether oxygens (including phenoxy) is 1. The highest BCUT2D eigenvalue weighted by molar-refractivity contribution is 7.99. The van der Waals surface area contributed by atoms with Crippen LogP contribution in [0.3, 0.4) is 0 Å². The summed E-state index contributed by atoms with van der Waals surface area (Å²) in [4.78, 5) is 1.45. The molecule has 0 saturated carbocycles. The average Bonchev–Trinajstić information content (AvgIpc) is 2.51. The molecule has 0 aromatic heterocycles. The number of fused-ring (bicyclic) bond motifs is 1. The molecule has 0 bridgehead atoms. The van der Waals surface area contributed by atoms with Gasteiger partial charge in [0, 0.05) is 16.1 Å². The van der Waals surface area contributed by atoms with Crippen LogP contribution in [0.1, 0.15) is 36.5 Å². The molecule has 2 unspecified atom stereocenters. The molecule has 2 aromatic rings. The van der Waals surface area contributed by atoms with Gasteiger partial charge >= 0.3 is 0 Å². The predicted octanol–water partition coefficient (Wildman–Crippen LogP) is 5.17. The Bertz CT molecular complexity index is 647. The second kappa shape index (κ2) is 5.42. The molecule has 2 atom stereocenters. The molecule has 0 aliphatic carbocycles. The molecule has 0 fully saturated rings. The fourth-order valence-electron chi connectivity index (χ4n) is 3.13. The van der Waals surface area contributed by atoms with Crippen molar-refractivity contribution < 1.29 is 4.74 Å². The largest absolute Gasteiger partial charge is 0.497 e.